The summed E-state index contributed by atoms with van der Waals surface area (Å²) < 4.78 is 1.93. The molecule has 0 saturated carbocycles. The molecule has 0 aliphatic heterocycles. The molecule has 0 spiro atoms. The van der Waals surface area contributed by atoms with Crippen LogP contribution in [0.1, 0.15) is 25.6 Å². The number of hydrogen-bond acceptors (Lipinski definition) is 3. The molecule has 0 aliphatic carbocycles. The van der Waals surface area contributed by atoms with E-state index in [2.05, 4.69) is 18.7 Å². The van der Waals surface area contributed by atoms with Gasteiger partial charge >= 0.3 is 0 Å². The first-order valence-electron chi connectivity index (χ1n) is 7.35. The maximum absolute atomic E-state index is 6.51. The van der Waals surface area contributed by atoms with Crippen molar-refractivity contribution in [2.45, 2.75) is 19.9 Å². The van der Waals surface area contributed by atoms with E-state index in [-0.39, 0.29) is 6.04 Å². The molecule has 0 bridgehead atoms. The van der Waals surface area contributed by atoms with Crippen LogP contribution in [-0.2, 0) is 7.05 Å². The van der Waals surface area contributed by atoms with Gasteiger partial charge in [-0.1, -0.05) is 55.8 Å². The number of hydrogen-bond donors (Lipinski definition) is 1. The molecule has 1 unspecified atom stereocenters. The van der Waals surface area contributed by atoms with Gasteiger partial charge in [0.2, 0.25) is 0 Å². The molecular weight excluding hydrogens is 284 g/mol. The lowest BCUT2D eigenvalue weighted by Crippen LogP contribution is -2.34. The van der Waals surface area contributed by atoms with Crippen molar-refractivity contribution >= 4 is 11.6 Å². The zero-order valence-corrected chi connectivity index (χ0v) is 13.6. The third-order valence-corrected chi connectivity index (χ3v) is 4.32. The van der Waals surface area contributed by atoms with Gasteiger partial charge < -0.3 is 10.3 Å². The standard InChI is InChI=1S/C16H23ClN4/c1-4-21(5-2)13(11-18)14-15(17)20(3)16(19-14)12-9-7-6-8-10-12/h6-10,13H,4-5,11,18H2,1-3H3. The number of nitrogens with two attached hydrogens (primary N) is 1. The molecule has 1 atom stereocenters. The first-order valence-corrected chi connectivity index (χ1v) is 7.73. The average molecular weight is 307 g/mol. The van der Waals surface area contributed by atoms with Crippen molar-refractivity contribution in [2.75, 3.05) is 19.6 Å². The van der Waals surface area contributed by atoms with Gasteiger partial charge in [-0.25, -0.2) is 4.98 Å². The normalized spacial score (nSPS) is 12.9. The number of rotatable bonds is 6. The zero-order chi connectivity index (χ0) is 15.4. The summed E-state index contributed by atoms with van der Waals surface area (Å²) >= 11 is 6.51. The Balaban J connectivity index is 2.46. The molecule has 0 saturated heterocycles. The number of aromatic nitrogens is 2. The maximum Gasteiger partial charge on any atom is 0.141 e. The summed E-state index contributed by atoms with van der Waals surface area (Å²) in [6, 6.07) is 10.1. The fraction of sp³-hybridized carbons (Fsp3) is 0.438. The quantitative estimate of drug-likeness (QED) is 0.892. The van der Waals surface area contributed by atoms with Crippen LogP contribution in [0, 0.1) is 0 Å². The lowest BCUT2D eigenvalue weighted by Gasteiger charge is -2.27. The highest BCUT2D eigenvalue weighted by molar-refractivity contribution is 6.30. The van der Waals surface area contributed by atoms with Crippen LogP contribution >= 0.6 is 11.6 Å². The number of benzene rings is 1. The van der Waals surface area contributed by atoms with Crippen LogP contribution in [0.5, 0.6) is 0 Å². The predicted molar refractivity (Wildman–Crippen MR) is 88.4 cm³/mol. The van der Waals surface area contributed by atoms with Crippen molar-refractivity contribution in [3.05, 3.63) is 41.2 Å². The fourth-order valence-corrected chi connectivity index (χ4v) is 2.90. The van der Waals surface area contributed by atoms with E-state index < -0.39 is 0 Å². The fourth-order valence-electron chi connectivity index (χ4n) is 2.66. The van der Waals surface area contributed by atoms with Crippen LogP contribution in [0.3, 0.4) is 0 Å². The van der Waals surface area contributed by atoms with Crippen LogP contribution in [0.4, 0.5) is 0 Å². The Morgan fingerprint density at radius 1 is 1.24 bits per heavy atom. The summed E-state index contributed by atoms with van der Waals surface area (Å²) in [5, 5.41) is 0.663. The Morgan fingerprint density at radius 2 is 1.86 bits per heavy atom. The maximum atomic E-state index is 6.51. The largest absolute Gasteiger partial charge is 0.329 e. The Bertz CT molecular complexity index is 575. The smallest absolute Gasteiger partial charge is 0.141 e. The molecular formula is C16H23ClN4. The SMILES string of the molecule is CCN(CC)C(CN)c1nc(-c2ccccc2)n(C)c1Cl. The molecule has 1 aromatic heterocycles. The third kappa shape index (κ3) is 3.12. The molecule has 114 valence electrons. The molecule has 0 amide bonds. The lowest BCUT2D eigenvalue weighted by molar-refractivity contribution is 0.220. The second-order valence-corrected chi connectivity index (χ2v) is 5.37. The molecule has 2 aromatic rings. The second kappa shape index (κ2) is 7.07. The third-order valence-electron chi connectivity index (χ3n) is 3.87. The summed E-state index contributed by atoms with van der Waals surface area (Å²) in [5.74, 6) is 0.876. The minimum Gasteiger partial charge on any atom is -0.329 e. The molecule has 0 radical (unpaired) electrons. The van der Waals surface area contributed by atoms with E-state index in [1.54, 1.807) is 0 Å². The van der Waals surface area contributed by atoms with Crippen LogP contribution in [0.25, 0.3) is 11.4 Å². The van der Waals surface area contributed by atoms with E-state index in [0.29, 0.717) is 11.7 Å². The van der Waals surface area contributed by atoms with Gasteiger partial charge in [0.15, 0.2) is 0 Å². The monoisotopic (exact) mass is 306 g/mol. The summed E-state index contributed by atoms with van der Waals surface area (Å²) in [4.78, 5) is 7.06. The van der Waals surface area contributed by atoms with Gasteiger partial charge in [-0.2, -0.15) is 0 Å². The van der Waals surface area contributed by atoms with Gasteiger partial charge in [0.25, 0.3) is 0 Å². The minimum absolute atomic E-state index is 0.0520. The topological polar surface area (TPSA) is 47.1 Å². The predicted octanol–water partition coefficient (Wildman–Crippen LogP) is 3.08. The average Bonchev–Trinajstić information content (AvgIpc) is 2.82. The molecule has 2 rings (SSSR count). The van der Waals surface area contributed by atoms with Crippen LogP contribution in [0.15, 0.2) is 30.3 Å². The highest BCUT2D eigenvalue weighted by Gasteiger charge is 2.24. The lowest BCUT2D eigenvalue weighted by atomic mass is 10.2. The van der Waals surface area contributed by atoms with Gasteiger partial charge in [-0.05, 0) is 13.1 Å². The summed E-state index contributed by atoms with van der Waals surface area (Å²) in [6.07, 6.45) is 0. The van der Waals surface area contributed by atoms with Crippen LogP contribution < -0.4 is 5.73 Å². The van der Waals surface area contributed by atoms with Gasteiger partial charge in [0, 0.05) is 19.2 Å². The first-order chi connectivity index (χ1) is 10.1. The Hall–Kier alpha value is -1.36. The van der Waals surface area contributed by atoms with E-state index in [1.165, 1.54) is 0 Å². The van der Waals surface area contributed by atoms with Gasteiger partial charge in [0.05, 0.1) is 11.7 Å². The zero-order valence-electron chi connectivity index (χ0n) is 12.9. The van der Waals surface area contributed by atoms with Crippen molar-refractivity contribution < 1.29 is 0 Å². The number of nitrogens with zero attached hydrogens (tertiary/aromatic N) is 3. The van der Waals surface area contributed by atoms with Crippen LogP contribution in [0.2, 0.25) is 5.15 Å². The highest BCUT2D eigenvalue weighted by Crippen LogP contribution is 2.30. The van der Waals surface area contributed by atoms with Crippen molar-refractivity contribution in [1.29, 1.82) is 0 Å². The van der Waals surface area contributed by atoms with Gasteiger partial charge in [-0.15, -0.1) is 0 Å². The summed E-state index contributed by atoms with van der Waals surface area (Å²) in [5.41, 5.74) is 7.90. The molecule has 2 N–H and O–H groups in total. The first kappa shape index (κ1) is 16.0. The second-order valence-electron chi connectivity index (χ2n) is 5.01. The molecule has 1 aromatic carbocycles. The summed E-state index contributed by atoms with van der Waals surface area (Å²) in [6.45, 7) is 6.60. The van der Waals surface area contributed by atoms with E-state index in [9.17, 15) is 0 Å². The van der Waals surface area contributed by atoms with E-state index in [0.717, 1.165) is 30.2 Å². The van der Waals surface area contributed by atoms with E-state index >= 15 is 0 Å². The molecule has 0 aliphatic rings. The van der Waals surface area contributed by atoms with Gasteiger partial charge in [-0.3, -0.25) is 4.90 Å². The number of imidazole rings is 1. The van der Waals surface area contributed by atoms with Crippen molar-refractivity contribution in [3.8, 4) is 11.4 Å². The molecule has 1 heterocycles. The number of halogens is 1. The molecule has 5 heteroatoms. The number of likely N-dealkylation sites (N-methyl/N-ethyl adjacent to an activating group) is 1. The summed E-state index contributed by atoms with van der Waals surface area (Å²) in [7, 11) is 1.94. The Kier molecular flexibility index (Phi) is 5.39. The minimum atomic E-state index is 0.0520. The molecule has 21 heavy (non-hydrogen) atoms. The van der Waals surface area contributed by atoms with Crippen molar-refractivity contribution in [1.82, 2.24) is 14.5 Å². The van der Waals surface area contributed by atoms with Crippen LogP contribution in [-0.4, -0.2) is 34.1 Å². The van der Waals surface area contributed by atoms with Crippen molar-refractivity contribution in [3.63, 3.8) is 0 Å². The molecule has 0 fully saturated rings. The highest BCUT2D eigenvalue weighted by atomic mass is 35.5. The Labute approximate surface area is 131 Å². The van der Waals surface area contributed by atoms with Crippen molar-refractivity contribution in [2.24, 2.45) is 12.8 Å². The van der Waals surface area contributed by atoms with E-state index in [1.807, 2.05) is 41.9 Å². The van der Waals surface area contributed by atoms with E-state index in [4.69, 9.17) is 22.3 Å². The molecule has 4 nitrogen and oxygen atoms in total. The Morgan fingerprint density at radius 3 is 2.38 bits per heavy atom. The van der Waals surface area contributed by atoms with Gasteiger partial charge in [0.1, 0.15) is 11.0 Å².